The Hall–Kier alpha value is -1.62. The zero-order valence-electron chi connectivity index (χ0n) is 14.6. The van der Waals surface area contributed by atoms with E-state index >= 15 is 0 Å². The molecule has 3 atom stereocenters. The molecular formula is C18H29N3O2. The molecule has 1 aromatic rings. The number of aliphatic hydroxyl groups is 1. The number of piperidine rings is 1. The van der Waals surface area contributed by atoms with Crippen LogP contribution in [0, 0.1) is 18.8 Å². The van der Waals surface area contributed by atoms with Gasteiger partial charge in [-0.3, -0.25) is 4.98 Å². The largest absolute Gasteiger partial charge is 0.393 e. The molecule has 0 aliphatic carbocycles. The molecule has 2 N–H and O–H groups in total. The van der Waals surface area contributed by atoms with Gasteiger partial charge in [0, 0.05) is 25.2 Å². The van der Waals surface area contributed by atoms with Crippen LogP contribution in [0.1, 0.15) is 50.9 Å². The van der Waals surface area contributed by atoms with E-state index in [-0.39, 0.29) is 30.0 Å². The molecule has 0 aromatic carbocycles. The molecule has 2 rings (SSSR count). The maximum atomic E-state index is 12.7. The summed E-state index contributed by atoms with van der Waals surface area (Å²) in [4.78, 5) is 19.0. The van der Waals surface area contributed by atoms with Crippen molar-refractivity contribution in [2.24, 2.45) is 11.8 Å². The lowest BCUT2D eigenvalue weighted by atomic mass is 9.93. The van der Waals surface area contributed by atoms with E-state index in [1.54, 1.807) is 13.1 Å². The van der Waals surface area contributed by atoms with Gasteiger partial charge in [0.25, 0.3) is 0 Å². The van der Waals surface area contributed by atoms with Crippen LogP contribution >= 0.6 is 0 Å². The van der Waals surface area contributed by atoms with E-state index in [1.807, 2.05) is 24.0 Å². The smallest absolute Gasteiger partial charge is 0.317 e. The van der Waals surface area contributed by atoms with E-state index in [9.17, 15) is 9.90 Å². The molecular weight excluding hydrogens is 290 g/mol. The van der Waals surface area contributed by atoms with Crippen LogP contribution in [-0.4, -0.2) is 40.2 Å². The number of aromatic nitrogens is 1. The predicted octanol–water partition coefficient (Wildman–Crippen LogP) is 2.89. The first kappa shape index (κ1) is 17.7. The van der Waals surface area contributed by atoms with Gasteiger partial charge in [-0.2, -0.15) is 0 Å². The Kier molecular flexibility index (Phi) is 5.99. The molecule has 0 spiro atoms. The molecule has 1 aliphatic rings. The van der Waals surface area contributed by atoms with Crippen LogP contribution in [0.4, 0.5) is 4.79 Å². The number of nitrogens with one attached hydrogen (secondary N) is 1. The fourth-order valence-corrected chi connectivity index (χ4v) is 3.19. The summed E-state index contributed by atoms with van der Waals surface area (Å²) in [6.07, 6.45) is 3.32. The van der Waals surface area contributed by atoms with Gasteiger partial charge in [0.05, 0.1) is 17.8 Å². The van der Waals surface area contributed by atoms with Gasteiger partial charge in [-0.15, -0.1) is 0 Å². The van der Waals surface area contributed by atoms with E-state index in [0.29, 0.717) is 6.54 Å². The normalized spacial score (nSPS) is 21.1. The number of rotatable bonds is 4. The number of amides is 2. The van der Waals surface area contributed by atoms with Crippen LogP contribution in [0.15, 0.2) is 18.3 Å². The molecule has 1 saturated heterocycles. The highest BCUT2D eigenvalue weighted by Crippen LogP contribution is 2.24. The number of aliphatic hydroxyl groups excluding tert-OH is 1. The summed E-state index contributed by atoms with van der Waals surface area (Å²) in [7, 11) is 0. The highest BCUT2D eigenvalue weighted by molar-refractivity contribution is 5.75. The third-order valence-corrected chi connectivity index (χ3v) is 4.72. The number of pyridine rings is 1. The lowest BCUT2D eigenvalue weighted by Crippen LogP contribution is -2.49. The molecule has 0 bridgehead atoms. The molecule has 0 radical (unpaired) electrons. The number of carbonyl (C=O) groups is 1. The van der Waals surface area contributed by atoms with Crippen LogP contribution in [0.25, 0.3) is 0 Å². The van der Waals surface area contributed by atoms with Gasteiger partial charge in [-0.25, -0.2) is 4.79 Å². The van der Waals surface area contributed by atoms with Gasteiger partial charge in [-0.05, 0) is 44.2 Å². The van der Waals surface area contributed by atoms with Crippen LogP contribution in [0.5, 0.6) is 0 Å². The van der Waals surface area contributed by atoms with Gasteiger partial charge in [0.2, 0.25) is 0 Å². The van der Waals surface area contributed by atoms with Gasteiger partial charge in [0.1, 0.15) is 0 Å². The number of urea groups is 1. The molecule has 2 amide bonds. The summed E-state index contributed by atoms with van der Waals surface area (Å²) >= 11 is 0. The fourth-order valence-electron chi connectivity index (χ4n) is 3.19. The summed E-state index contributed by atoms with van der Waals surface area (Å²) in [6.45, 7) is 9.38. The van der Waals surface area contributed by atoms with E-state index < -0.39 is 0 Å². The first-order valence-electron chi connectivity index (χ1n) is 8.55. The van der Waals surface area contributed by atoms with Gasteiger partial charge in [-0.1, -0.05) is 19.9 Å². The second-order valence-electron chi connectivity index (χ2n) is 6.97. The Labute approximate surface area is 139 Å². The predicted molar refractivity (Wildman–Crippen MR) is 91.1 cm³/mol. The Bertz CT molecular complexity index is 531. The summed E-state index contributed by atoms with van der Waals surface area (Å²) in [5.41, 5.74) is 2.02. The molecule has 1 fully saturated rings. The third-order valence-electron chi connectivity index (χ3n) is 4.72. The second kappa shape index (κ2) is 7.77. The van der Waals surface area contributed by atoms with Crippen LogP contribution in [0.2, 0.25) is 0 Å². The first-order valence-corrected chi connectivity index (χ1v) is 8.55. The van der Waals surface area contributed by atoms with Crippen molar-refractivity contribution in [2.45, 2.75) is 52.7 Å². The molecule has 1 aliphatic heterocycles. The number of hydrogen-bond donors (Lipinski definition) is 2. The molecule has 2 heterocycles. The van der Waals surface area contributed by atoms with Crippen molar-refractivity contribution in [3.8, 4) is 0 Å². The van der Waals surface area contributed by atoms with Crippen molar-refractivity contribution < 1.29 is 9.90 Å². The number of aryl methyl sites for hydroxylation is 1. The number of likely N-dealkylation sites (tertiary alicyclic amines) is 1. The molecule has 3 unspecified atom stereocenters. The second-order valence-corrected chi connectivity index (χ2v) is 6.97. The average Bonchev–Trinajstić information content (AvgIpc) is 2.53. The summed E-state index contributed by atoms with van der Waals surface area (Å²) in [5, 5.41) is 12.9. The Morgan fingerprint density at radius 2 is 2.17 bits per heavy atom. The maximum absolute atomic E-state index is 12.7. The van der Waals surface area contributed by atoms with Crippen LogP contribution in [-0.2, 0) is 0 Å². The molecule has 128 valence electrons. The highest BCUT2D eigenvalue weighted by Gasteiger charge is 2.29. The van der Waals surface area contributed by atoms with Crippen molar-refractivity contribution in [1.82, 2.24) is 15.2 Å². The highest BCUT2D eigenvalue weighted by atomic mass is 16.3. The van der Waals surface area contributed by atoms with Gasteiger partial charge in [0.15, 0.2) is 0 Å². The summed E-state index contributed by atoms with van der Waals surface area (Å²) < 4.78 is 0. The topological polar surface area (TPSA) is 65.5 Å². The summed E-state index contributed by atoms with van der Waals surface area (Å²) in [5.74, 6) is 0.425. The summed E-state index contributed by atoms with van der Waals surface area (Å²) in [6, 6.07) is 3.78. The lowest BCUT2D eigenvalue weighted by Gasteiger charge is -2.35. The molecule has 0 saturated carbocycles. The van der Waals surface area contributed by atoms with Crippen LogP contribution in [0.3, 0.4) is 0 Å². The standard InChI is InChI=1S/C18H29N3O2/c1-12(2)16(17-13(3)7-5-9-19-17)20-18(23)21-10-6-8-15(11-21)14(4)22/h5,7,9,12,14-16,22H,6,8,10-11H2,1-4H3,(H,20,23). The van der Waals surface area contributed by atoms with Crippen molar-refractivity contribution >= 4 is 6.03 Å². The van der Waals surface area contributed by atoms with E-state index in [0.717, 1.165) is 30.6 Å². The minimum absolute atomic E-state index is 0.0564. The van der Waals surface area contributed by atoms with Crippen LogP contribution < -0.4 is 5.32 Å². The van der Waals surface area contributed by atoms with Crippen molar-refractivity contribution in [2.75, 3.05) is 13.1 Å². The minimum atomic E-state index is -0.371. The fraction of sp³-hybridized carbons (Fsp3) is 0.667. The van der Waals surface area contributed by atoms with Gasteiger partial charge >= 0.3 is 6.03 Å². The van der Waals surface area contributed by atoms with Gasteiger partial charge < -0.3 is 15.3 Å². The van der Waals surface area contributed by atoms with Crippen molar-refractivity contribution in [1.29, 1.82) is 0 Å². The number of hydrogen-bond acceptors (Lipinski definition) is 3. The Morgan fingerprint density at radius 1 is 1.43 bits per heavy atom. The Balaban J connectivity index is 2.08. The maximum Gasteiger partial charge on any atom is 0.317 e. The Morgan fingerprint density at radius 3 is 2.78 bits per heavy atom. The molecule has 5 heteroatoms. The van der Waals surface area contributed by atoms with E-state index in [4.69, 9.17) is 0 Å². The SMILES string of the molecule is Cc1cccnc1C(NC(=O)N1CCCC(C(C)O)C1)C(C)C. The molecule has 5 nitrogen and oxygen atoms in total. The quantitative estimate of drug-likeness (QED) is 0.897. The molecule has 1 aromatic heterocycles. The number of carbonyl (C=O) groups excluding carboxylic acids is 1. The number of nitrogens with zero attached hydrogens (tertiary/aromatic N) is 2. The minimum Gasteiger partial charge on any atom is -0.393 e. The zero-order valence-corrected chi connectivity index (χ0v) is 14.6. The monoisotopic (exact) mass is 319 g/mol. The average molecular weight is 319 g/mol. The molecule has 23 heavy (non-hydrogen) atoms. The van der Waals surface area contributed by atoms with E-state index in [1.165, 1.54) is 0 Å². The third kappa shape index (κ3) is 4.44. The van der Waals surface area contributed by atoms with Crippen molar-refractivity contribution in [3.63, 3.8) is 0 Å². The first-order chi connectivity index (χ1) is 10.9. The van der Waals surface area contributed by atoms with E-state index in [2.05, 4.69) is 24.1 Å². The lowest BCUT2D eigenvalue weighted by molar-refractivity contribution is 0.0728. The van der Waals surface area contributed by atoms with Crippen molar-refractivity contribution in [3.05, 3.63) is 29.6 Å². The zero-order chi connectivity index (χ0) is 17.0.